The maximum absolute atomic E-state index is 13.0. The Morgan fingerprint density at radius 3 is 2.44 bits per heavy atom. The molecule has 4 nitrogen and oxygen atoms in total. The Hall–Kier alpha value is -1.04. The molecule has 18 heavy (non-hydrogen) atoms. The molecule has 7 heteroatoms. The highest BCUT2D eigenvalue weighted by molar-refractivity contribution is 5.95. The Bertz CT molecular complexity index is 389. The van der Waals surface area contributed by atoms with Crippen molar-refractivity contribution in [2.75, 3.05) is 17.2 Å². The number of anilines is 2. The van der Waals surface area contributed by atoms with Crippen LogP contribution in [0.15, 0.2) is 18.2 Å². The molecule has 0 saturated carbocycles. The van der Waals surface area contributed by atoms with Gasteiger partial charge in [0.1, 0.15) is 5.82 Å². The smallest absolute Gasteiger partial charge is 0.238 e. The van der Waals surface area contributed by atoms with Crippen LogP contribution in [-0.4, -0.2) is 18.5 Å². The predicted molar refractivity (Wildman–Crippen MR) is 77.3 cm³/mol. The molecule has 1 rings (SSSR count). The van der Waals surface area contributed by atoms with Crippen molar-refractivity contribution in [3.8, 4) is 0 Å². The van der Waals surface area contributed by atoms with Crippen LogP contribution in [0.3, 0.4) is 0 Å². The van der Waals surface area contributed by atoms with Crippen molar-refractivity contribution in [2.24, 2.45) is 5.73 Å². The van der Waals surface area contributed by atoms with Gasteiger partial charge in [0.15, 0.2) is 0 Å². The molecule has 4 N–H and O–H groups in total. The van der Waals surface area contributed by atoms with E-state index in [1.54, 1.807) is 0 Å². The van der Waals surface area contributed by atoms with Gasteiger partial charge < -0.3 is 16.4 Å². The minimum atomic E-state index is -0.353. The molecule has 0 bridgehead atoms. The van der Waals surface area contributed by atoms with Crippen molar-refractivity contribution in [2.45, 2.75) is 19.9 Å². The van der Waals surface area contributed by atoms with Gasteiger partial charge in [-0.05, 0) is 32.0 Å². The van der Waals surface area contributed by atoms with Crippen LogP contribution in [0.2, 0.25) is 0 Å². The third kappa shape index (κ3) is 6.05. The van der Waals surface area contributed by atoms with Crippen LogP contribution < -0.4 is 16.4 Å². The first-order chi connectivity index (χ1) is 7.52. The molecular formula is C11H18Cl2FN3O. The highest BCUT2D eigenvalue weighted by atomic mass is 35.5. The second kappa shape index (κ2) is 8.97. The summed E-state index contributed by atoms with van der Waals surface area (Å²) in [4.78, 5) is 11.1. The van der Waals surface area contributed by atoms with Crippen LogP contribution in [0.4, 0.5) is 15.8 Å². The van der Waals surface area contributed by atoms with Gasteiger partial charge in [-0.2, -0.15) is 0 Å². The van der Waals surface area contributed by atoms with E-state index in [-0.39, 0.29) is 49.1 Å². The normalized spacial score (nSPS) is 9.17. The summed E-state index contributed by atoms with van der Waals surface area (Å²) in [5.41, 5.74) is 6.28. The fourth-order valence-electron chi connectivity index (χ4n) is 1.26. The lowest BCUT2D eigenvalue weighted by Gasteiger charge is -2.15. The molecule has 104 valence electrons. The monoisotopic (exact) mass is 297 g/mol. The third-order valence-electron chi connectivity index (χ3n) is 1.89. The van der Waals surface area contributed by atoms with Gasteiger partial charge in [-0.15, -0.1) is 24.8 Å². The molecule has 1 amide bonds. The molecule has 0 spiro atoms. The number of hydrogen-bond donors (Lipinski definition) is 3. The molecule has 0 aliphatic rings. The van der Waals surface area contributed by atoms with Gasteiger partial charge in [0, 0.05) is 6.04 Å². The molecule has 0 atom stereocenters. The summed E-state index contributed by atoms with van der Waals surface area (Å²) in [6, 6.07) is 4.28. The summed E-state index contributed by atoms with van der Waals surface area (Å²) < 4.78 is 13.0. The van der Waals surface area contributed by atoms with Gasteiger partial charge in [0.25, 0.3) is 0 Å². The Balaban J connectivity index is 0. The van der Waals surface area contributed by atoms with Crippen LogP contribution in [-0.2, 0) is 4.79 Å². The van der Waals surface area contributed by atoms with E-state index < -0.39 is 0 Å². The van der Waals surface area contributed by atoms with E-state index >= 15 is 0 Å². The first kappa shape index (κ1) is 19.3. The van der Waals surface area contributed by atoms with E-state index in [9.17, 15) is 9.18 Å². The van der Waals surface area contributed by atoms with E-state index in [1.165, 1.54) is 18.2 Å². The highest BCUT2D eigenvalue weighted by Gasteiger charge is 2.07. The van der Waals surface area contributed by atoms with Crippen LogP contribution >= 0.6 is 24.8 Å². The highest BCUT2D eigenvalue weighted by Crippen LogP contribution is 2.23. The van der Waals surface area contributed by atoms with E-state index in [0.29, 0.717) is 11.4 Å². The number of carbonyl (C=O) groups excluding carboxylic acids is 1. The zero-order chi connectivity index (χ0) is 12.1. The van der Waals surface area contributed by atoms with Crippen LogP contribution in [0.25, 0.3) is 0 Å². The van der Waals surface area contributed by atoms with Gasteiger partial charge in [-0.1, -0.05) is 0 Å². The first-order valence-corrected chi connectivity index (χ1v) is 5.09. The average Bonchev–Trinajstić information content (AvgIpc) is 2.21. The zero-order valence-electron chi connectivity index (χ0n) is 10.2. The molecule has 1 aromatic carbocycles. The van der Waals surface area contributed by atoms with Gasteiger partial charge in [-0.3, -0.25) is 4.79 Å². The van der Waals surface area contributed by atoms with Crippen molar-refractivity contribution in [3.63, 3.8) is 0 Å². The Labute approximate surface area is 118 Å². The summed E-state index contributed by atoms with van der Waals surface area (Å²) in [5, 5.41) is 5.65. The lowest BCUT2D eigenvalue weighted by molar-refractivity contribution is -0.114. The lowest BCUT2D eigenvalue weighted by Crippen LogP contribution is -2.23. The number of nitrogens with two attached hydrogens (primary N) is 1. The Kier molecular flexibility index (Phi) is 9.61. The Morgan fingerprint density at radius 1 is 1.33 bits per heavy atom. The number of amides is 1. The minimum absolute atomic E-state index is 0. The van der Waals surface area contributed by atoms with E-state index in [0.717, 1.165) is 0 Å². The summed E-state index contributed by atoms with van der Waals surface area (Å²) in [7, 11) is 0. The molecule has 0 heterocycles. The fourth-order valence-corrected chi connectivity index (χ4v) is 1.26. The summed E-state index contributed by atoms with van der Waals surface area (Å²) in [5.74, 6) is -0.660. The predicted octanol–water partition coefficient (Wildman–Crippen LogP) is 2.39. The Morgan fingerprint density at radius 2 is 1.94 bits per heavy atom. The summed E-state index contributed by atoms with van der Waals surface area (Å²) in [6.07, 6.45) is 0. The first-order valence-electron chi connectivity index (χ1n) is 5.09. The summed E-state index contributed by atoms with van der Waals surface area (Å²) in [6.45, 7) is 3.76. The maximum atomic E-state index is 13.0. The number of carbonyl (C=O) groups is 1. The molecular weight excluding hydrogens is 280 g/mol. The molecule has 1 aromatic rings. The van der Waals surface area contributed by atoms with Crippen molar-refractivity contribution < 1.29 is 9.18 Å². The zero-order valence-corrected chi connectivity index (χ0v) is 11.8. The molecule has 0 aliphatic carbocycles. The maximum Gasteiger partial charge on any atom is 0.238 e. The molecule has 0 radical (unpaired) electrons. The molecule has 0 fully saturated rings. The molecule has 0 aromatic heterocycles. The summed E-state index contributed by atoms with van der Waals surface area (Å²) >= 11 is 0. The van der Waals surface area contributed by atoms with E-state index in [1.807, 2.05) is 13.8 Å². The van der Waals surface area contributed by atoms with Crippen LogP contribution in [0, 0.1) is 5.82 Å². The van der Waals surface area contributed by atoms with Crippen molar-refractivity contribution >= 4 is 42.1 Å². The van der Waals surface area contributed by atoms with Crippen LogP contribution in [0.1, 0.15) is 13.8 Å². The van der Waals surface area contributed by atoms with Gasteiger partial charge in [0.05, 0.1) is 17.9 Å². The van der Waals surface area contributed by atoms with Crippen molar-refractivity contribution in [1.82, 2.24) is 0 Å². The number of benzene rings is 1. The van der Waals surface area contributed by atoms with Gasteiger partial charge in [0.2, 0.25) is 5.91 Å². The minimum Gasteiger partial charge on any atom is -0.381 e. The molecule has 0 aliphatic heterocycles. The largest absolute Gasteiger partial charge is 0.381 e. The average molecular weight is 298 g/mol. The third-order valence-corrected chi connectivity index (χ3v) is 1.89. The molecule has 0 unspecified atom stereocenters. The second-order valence-electron chi connectivity index (χ2n) is 3.74. The second-order valence-corrected chi connectivity index (χ2v) is 3.74. The van der Waals surface area contributed by atoms with Crippen molar-refractivity contribution in [3.05, 3.63) is 24.0 Å². The quantitative estimate of drug-likeness (QED) is 0.799. The van der Waals surface area contributed by atoms with Crippen molar-refractivity contribution in [1.29, 1.82) is 0 Å². The fraction of sp³-hybridized carbons (Fsp3) is 0.364. The van der Waals surface area contributed by atoms with Gasteiger partial charge in [-0.25, -0.2) is 4.39 Å². The standard InChI is InChI=1S/C11H16FN3O.2ClH/c1-7(2)14-10-5-8(12)3-4-9(10)15-11(16)6-13;;/h3-5,7,14H,6,13H2,1-2H3,(H,15,16);2*1H. The van der Waals surface area contributed by atoms with Crippen LogP contribution in [0.5, 0.6) is 0 Å². The topological polar surface area (TPSA) is 67.1 Å². The van der Waals surface area contributed by atoms with E-state index in [2.05, 4.69) is 10.6 Å². The molecule has 0 saturated heterocycles. The number of hydrogen-bond acceptors (Lipinski definition) is 3. The SMILES string of the molecule is CC(C)Nc1cc(F)ccc1NC(=O)CN.Cl.Cl. The van der Waals surface area contributed by atoms with E-state index in [4.69, 9.17) is 5.73 Å². The number of halogens is 3. The van der Waals surface area contributed by atoms with Gasteiger partial charge >= 0.3 is 0 Å². The number of nitrogens with one attached hydrogen (secondary N) is 2. The number of rotatable bonds is 4. The lowest BCUT2D eigenvalue weighted by atomic mass is 10.2.